The van der Waals surface area contributed by atoms with E-state index < -0.39 is 11.7 Å². The van der Waals surface area contributed by atoms with Crippen molar-refractivity contribution in [3.63, 3.8) is 0 Å². The number of carbonyl (C=O) groups excluding carboxylic acids is 2. The van der Waals surface area contributed by atoms with Crippen LogP contribution in [-0.2, 0) is 9.59 Å². The number of hydrogen-bond donors (Lipinski definition) is 2. The number of aliphatic hydroxyl groups is 1. The van der Waals surface area contributed by atoms with Crippen LogP contribution in [0.2, 0.25) is 0 Å². The predicted octanol–water partition coefficient (Wildman–Crippen LogP) is 0.544. The highest BCUT2D eigenvalue weighted by Gasteiger charge is 2.16. The summed E-state index contributed by atoms with van der Waals surface area (Å²) in [7, 11) is 0. The average molecular weight is 171 g/mol. The summed E-state index contributed by atoms with van der Waals surface area (Å²) in [4.78, 5) is 21.9. The number of likely N-dealkylation sites (N-methyl/N-ethyl adjacent to an activating group) is 1. The fourth-order valence-corrected chi connectivity index (χ4v) is 0.828. The van der Waals surface area contributed by atoms with Crippen LogP contribution in [-0.4, -0.2) is 23.3 Å². The molecule has 4 nitrogen and oxygen atoms in total. The van der Waals surface area contributed by atoms with Crippen LogP contribution in [0.5, 0.6) is 0 Å². The molecule has 0 radical (unpaired) electrons. The molecular formula is C8H13NO3. The summed E-state index contributed by atoms with van der Waals surface area (Å²) in [6.07, 6.45) is 0. The van der Waals surface area contributed by atoms with E-state index in [1.165, 1.54) is 13.8 Å². The molecule has 0 rings (SSSR count). The van der Waals surface area contributed by atoms with Gasteiger partial charge in [-0.3, -0.25) is 9.59 Å². The van der Waals surface area contributed by atoms with Gasteiger partial charge < -0.3 is 10.4 Å². The molecule has 0 aromatic carbocycles. The Bertz CT molecular complexity index is 226. The maximum atomic E-state index is 11.1. The van der Waals surface area contributed by atoms with Crippen LogP contribution < -0.4 is 5.32 Å². The molecule has 0 bridgehead atoms. The summed E-state index contributed by atoms with van der Waals surface area (Å²) < 4.78 is 0. The molecule has 0 fully saturated rings. The van der Waals surface area contributed by atoms with Gasteiger partial charge >= 0.3 is 0 Å². The van der Waals surface area contributed by atoms with E-state index in [0.29, 0.717) is 6.54 Å². The van der Waals surface area contributed by atoms with Crippen molar-refractivity contribution in [1.82, 2.24) is 5.32 Å². The van der Waals surface area contributed by atoms with Crippen LogP contribution in [0, 0.1) is 0 Å². The number of hydrogen-bond acceptors (Lipinski definition) is 3. The zero-order valence-electron chi connectivity index (χ0n) is 7.47. The van der Waals surface area contributed by atoms with Crippen molar-refractivity contribution < 1.29 is 14.7 Å². The molecule has 2 N–H and O–H groups in total. The van der Waals surface area contributed by atoms with Gasteiger partial charge in [0.15, 0.2) is 5.78 Å². The molecule has 0 aliphatic rings. The fraction of sp³-hybridized carbons (Fsp3) is 0.500. The number of Topliss-reactive ketones (excluding diaryl/α,β-unsaturated/α-hetero) is 1. The molecule has 0 saturated carbocycles. The average Bonchev–Trinajstić information content (AvgIpc) is 1.85. The third-order valence-electron chi connectivity index (χ3n) is 1.28. The van der Waals surface area contributed by atoms with Gasteiger partial charge in [-0.1, -0.05) is 0 Å². The maximum absolute atomic E-state index is 11.1. The van der Waals surface area contributed by atoms with Gasteiger partial charge in [0, 0.05) is 6.54 Å². The molecule has 0 heterocycles. The summed E-state index contributed by atoms with van der Waals surface area (Å²) >= 11 is 0. The van der Waals surface area contributed by atoms with E-state index in [-0.39, 0.29) is 11.3 Å². The van der Waals surface area contributed by atoms with Crippen molar-refractivity contribution in [3.05, 3.63) is 11.3 Å². The molecule has 0 unspecified atom stereocenters. The van der Waals surface area contributed by atoms with Gasteiger partial charge in [-0.25, -0.2) is 0 Å². The number of aliphatic hydroxyl groups excluding tert-OH is 1. The first kappa shape index (κ1) is 10.7. The molecule has 0 saturated heterocycles. The Morgan fingerprint density at radius 2 is 1.83 bits per heavy atom. The number of allylic oxidation sites excluding steroid dienone is 1. The topological polar surface area (TPSA) is 66.4 Å². The Balaban J connectivity index is 4.67. The van der Waals surface area contributed by atoms with E-state index in [1.807, 2.05) is 0 Å². The summed E-state index contributed by atoms with van der Waals surface area (Å²) in [6, 6.07) is 0. The number of ketones is 1. The standard InChI is InChI=1S/C8H13NO3/c1-4-9-8(12)7(5(2)10)6(3)11/h10H,4H2,1-3H3,(H,9,12). The van der Waals surface area contributed by atoms with Gasteiger partial charge in [0.25, 0.3) is 5.91 Å². The lowest BCUT2D eigenvalue weighted by atomic mass is 10.1. The zero-order valence-corrected chi connectivity index (χ0v) is 7.47. The van der Waals surface area contributed by atoms with Crippen molar-refractivity contribution in [2.24, 2.45) is 0 Å². The van der Waals surface area contributed by atoms with Gasteiger partial charge in [-0.2, -0.15) is 0 Å². The molecule has 0 aromatic heterocycles. The Labute approximate surface area is 71.3 Å². The maximum Gasteiger partial charge on any atom is 0.258 e. The normalized spacial score (nSPS) is 11.9. The predicted molar refractivity (Wildman–Crippen MR) is 44.7 cm³/mol. The summed E-state index contributed by atoms with van der Waals surface area (Å²) in [6.45, 7) is 4.72. The van der Waals surface area contributed by atoms with Crippen molar-refractivity contribution in [2.75, 3.05) is 6.54 Å². The fourth-order valence-electron chi connectivity index (χ4n) is 0.828. The number of carbonyl (C=O) groups is 2. The minimum Gasteiger partial charge on any atom is -0.512 e. The van der Waals surface area contributed by atoms with Gasteiger partial charge in [0.1, 0.15) is 11.3 Å². The van der Waals surface area contributed by atoms with E-state index in [4.69, 9.17) is 5.11 Å². The first-order valence-corrected chi connectivity index (χ1v) is 3.69. The second kappa shape index (κ2) is 4.54. The van der Waals surface area contributed by atoms with E-state index in [2.05, 4.69) is 5.32 Å². The number of amides is 1. The molecule has 12 heavy (non-hydrogen) atoms. The molecule has 0 aromatic rings. The van der Waals surface area contributed by atoms with E-state index in [0.717, 1.165) is 0 Å². The second-order valence-electron chi connectivity index (χ2n) is 2.38. The van der Waals surface area contributed by atoms with Crippen molar-refractivity contribution in [1.29, 1.82) is 0 Å². The quantitative estimate of drug-likeness (QED) is 0.282. The van der Waals surface area contributed by atoms with Crippen LogP contribution in [0.3, 0.4) is 0 Å². The van der Waals surface area contributed by atoms with Crippen LogP contribution in [0.25, 0.3) is 0 Å². The molecule has 0 aliphatic carbocycles. The van der Waals surface area contributed by atoms with Crippen LogP contribution >= 0.6 is 0 Å². The largest absolute Gasteiger partial charge is 0.512 e. The van der Waals surface area contributed by atoms with E-state index >= 15 is 0 Å². The lowest BCUT2D eigenvalue weighted by molar-refractivity contribution is -0.121. The lowest BCUT2D eigenvalue weighted by Gasteiger charge is -2.04. The molecule has 0 atom stereocenters. The summed E-state index contributed by atoms with van der Waals surface area (Å²) in [5, 5.41) is 11.4. The first-order chi connectivity index (χ1) is 5.50. The highest BCUT2D eigenvalue weighted by atomic mass is 16.3. The molecule has 4 heteroatoms. The molecule has 0 spiro atoms. The molecular weight excluding hydrogens is 158 g/mol. The van der Waals surface area contributed by atoms with Gasteiger partial charge in [-0.05, 0) is 20.8 Å². The Hall–Kier alpha value is -1.32. The first-order valence-electron chi connectivity index (χ1n) is 3.69. The van der Waals surface area contributed by atoms with Gasteiger partial charge in [-0.15, -0.1) is 0 Å². The number of nitrogens with one attached hydrogen (secondary N) is 1. The Morgan fingerprint density at radius 1 is 1.33 bits per heavy atom. The highest BCUT2D eigenvalue weighted by molar-refractivity contribution is 6.18. The third-order valence-corrected chi connectivity index (χ3v) is 1.28. The Morgan fingerprint density at radius 3 is 2.08 bits per heavy atom. The van der Waals surface area contributed by atoms with Crippen LogP contribution in [0.4, 0.5) is 0 Å². The van der Waals surface area contributed by atoms with Gasteiger partial charge in [0.2, 0.25) is 0 Å². The molecule has 0 aliphatic heterocycles. The minimum atomic E-state index is -0.523. The zero-order chi connectivity index (χ0) is 9.72. The second-order valence-corrected chi connectivity index (χ2v) is 2.38. The van der Waals surface area contributed by atoms with Crippen molar-refractivity contribution in [3.8, 4) is 0 Å². The molecule has 68 valence electrons. The van der Waals surface area contributed by atoms with Crippen LogP contribution in [0.15, 0.2) is 11.3 Å². The minimum absolute atomic E-state index is 0.170. The lowest BCUT2D eigenvalue weighted by Crippen LogP contribution is -2.28. The SMILES string of the molecule is CCNC(=O)C(C(C)=O)=C(C)O. The Kier molecular flexibility index (Phi) is 4.04. The van der Waals surface area contributed by atoms with Crippen LogP contribution in [0.1, 0.15) is 20.8 Å². The smallest absolute Gasteiger partial charge is 0.258 e. The van der Waals surface area contributed by atoms with E-state index in [9.17, 15) is 9.59 Å². The highest BCUT2D eigenvalue weighted by Crippen LogP contribution is 2.02. The number of rotatable bonds is 3. The summed E-state index contributed by atoms with van der Waals surface area (Å²) in [5.41, 5.74) is -0.170. The molecule has 1 amide bonds. The van der Waals surface area contributed by atoms with Crippen molar-refractivity contribution >= 4 is 11.7 Å². The van der Waals surface area contributed by atoms with E-state index in [1.54, 1.807) is 6.92 Å². The summed E-state index contributed by atoms with van der Waals surface area (Å²) in [5.74, 6) is -1.19. The third kappa shape index (κ3) is 2.74. The van der Waals surface area contributed by atoms with Crippen molar-refractivity contribution in [2.45, 2.75) is 20.8 Å². The monoisotopic (exact) mass is 171 g/mol. The van der Waals surface area contributed by atoms with Gasteiger partial charge in [0.05, 0.1) is 0 Å².